The Kier molecular flexibility index (Phi) is 6.28. The molecule has 0 aliphatic rings. The monoisotopic (exact) mass is 335 g/mol. The largest absolute Gasteiger partial charge is 0.396 e. The standard InChI is InChI=1S/C12H18BrNO3S/c1-10(3-2-8-15)14-18(16,17)9-11-4-6-12(13)7-5-11/h4-7,10,14-15H,2-3,8-9H2,1H3. The van der Waals surface area contributed by atoms with Crippen LogP contribution in [-0.2, 0) is 15.8 Å². The Morgan fingerprint density at radius 1 is 1.33 bits per heavy atom. The first-order valence-corrected chi connectivity index (χ1v) is 8.23. The predicted molar refractivity (Wildman–Crippen MR) is 75.7 cm³/mol. The summed E-state index contributed by atoms with van der Waals surface area (Å²) in [5.74, 6) is -0.0241. The summed E-state index contributed by atoms with van der Waals surface area (Å²) in [4.78, 5) is 0. The van der Waals surface area contributed by atoms with Gasteiger partial charge in [-0.05, 0) is 37.5 Å². The van der Waals surface area contributed by atoms with E-state index >= 15 is 0 Å². The molecule has 6 heteroatoms. The summed E-state index contributed by atoms with van der Waals surface area (Å²) in [6, 6.07) is 7.04. The molecule has 1 atom stereocenters. The second-order valence-corrected chi connectivity index (χ2v) is 6.94. The van der Waals surface area contributed by atoms with Crippen LogP contribution in [0.3, 0.4) is 0 Å². The number of nitrogens with one attached hydrogen (secondary N) is 1. The van der Waals surface area contributed by atoms with E-state index < -0.39 is 10.0 Å². The van der Waals surface area contributed by atoms with E-state index in [2.05, 4.69) is 20.7 Å². The number of halogens is 1. The highest BCUT2D eigenvalue weighted by molar-refractivity contribution is 9.10. The smallest absolute Gasteiger partial charge is 0.216 e. The zero-order valence-corrected chi connectivity index (χ0v) is 12.7. The third-order valence-electron chi connectivity index (χ3n) is 2.45. The van der Waals surface area contributed by atoms with Crippen molar-refractivity contribution in [1.82, 2.24) is 4.72 Å². The summed E-state index contributed by atoms with van der Waals surface area (Å²) in [6.45, 7) is 1.88. The van der Waals surface area contributed by atoms with Crippen molar-refractivity contribution in [2.24, 2.45) is 0 Å². The molecule has 0 saturated heterocycles. The normalized spacial score (nSPS) is 13.5. The van der Waals surface area contributed by atoms with Crippen molar-refractivity contribution in [2.45, 2.75) is 31.6 Å². The molecule has 0 radical (unpaired) electrons. The molecule has 0 aromatic heterocycles. The Balaban J connectivity index is 2.56. The van der Waals surface area contributed by atoms with Crippen molar-refractivity contribution in [3.8, 4) is 0 Å². The van der Waals surface area contributed by atoms with Crippen molar-refractivity contribution in [3.63, 3.8) is 0 Å². The molecule has 0 heterocycles. The Labute approximate surface area is 117 Å². The van der Waals surface area contributed by atoms with Gasteiger partial charge in [0.1, 0.15) is 0 Å². The lowest BCUT2D eigenvalue weighted by atomic mass is 10.2. The maximum atomic E-state index is 11.9. The van der Waals surface area contributed by atoms with Gasteiger partial charge in [-0.2, -0.15) is 0 Å². The van der Waals surface area contributed by atoms with Crippen LogP contribution in [0.25, 0.3) is 0 Å². The number of rotatable bonds is 7. The Morgan fingerprint density at radius 3 is 2.50 bits per heavy atom. The van der Waals surface area contributed by atoms with E-state index in [4.69, 9.17) is 5.11 Å². The SMILES string of the molecule is CC(CCCO)NS(=O)(=O)Cc1ccc(Br)cc1. The highest BCUT2D eigenvalue weighted by Crippen LogP contribution is 2.12. The zero-order valence-electron chi connectivity index (χ0n) is 10.3. The van der Waals surface area contributed by atoms with Gasteiger partial charge in [0.15, 0.2) is 0 Å². The Hall–Kier alpha value is -0.430. The molecule has 4 nitrogen and oxygen atoms in total. The lowest BCUT2D eigenvalue weighted by molar-refractivity contribution is 0.279. The molecule has 1 rings (SSSR count). The first-order valence-electron chi connectivity index (χ1n) is 5.78. The van der Waals surface area contributed by atoms with Gasteiger partial charge < -0.3 is 5.11 Å². The van der Waals surface area contributed by atoms with E-state index in [1.807, 2.05) is 12.1 Å². The number of hydrogen-bond acceptors (Lipinski definition) is 3. The molecule has 0 aliphatic carbocycles. The van der Waals surface area contributed by atoms with Crippen molar-refractivity contribution in [3.05, 3.63) is 34.3 Å². The maximum absolute atomic E-state index is 11.9. The summed E-state index contributed by atoms with van der Waals surface area (Å²) in [7, 11) is -3.32. The number of aliphatic hydroxyl groups is 1. The highest BCUT2D eigenvalue weighted by Gasteiger charge is 2.14. The third-order valence-corrected chi connectivity index (χ3v) is 4.45. The first kappa shape index (κ1) is 15.6. The first-order chi connectivity index (χ1) is 8.43. The van der Waals surface area contributed by atoms with E-state index in [1.54, 1.807) is 19.1 Å². The van der Waals surface area contributed by atoms with Gasteiger partial charge in [-0.1, -0.05) is 28.1 Å². The van der Waals surface area contributed by atoms with Gasteiger partial charge in [0.05, 0.1) is 5.75 Å². The molecule has 102 valence electrons. The van der Waals surface area contributed by atoms with Crippen molar-refractivity contribution in [1.29, 1.82) is 0 Å². The van der Waals surface area contributed by atoms with Gasteiger partial charge in [0.25, 0.3) is 0 Å². The third kappa shape index (κ3) is 5.95. The maximum Gasteiger partial charge on any atom is 0.216 e. The molecule has 0 amide bonds. The van der Waals surface area contributed by atoms with Gasteiger partial charge in [0.2, 0.25) is 10.0 Å². The molecule has 0 spiro atoms. The number of aliphatic hydroxyl groups excluding tert-OH is 1. The average Bonchev–Trinajstić information content (AvgIpc) is 2.28. The summed E-state index contributed by atoms with van der Waals surface area (Å²) in [5, 5.41) is 8.69. The van der Waals surface area contributed by atoms with Crippen LogP contribution in [0.15, 0.2) is 28.7 Å². The van der Waals surface area contributed by atoms with Crippen LogP contribution < -0.4 is 4.72 Å². The fraction of sp³-hybridized carbons (Fsp3) is 0.500. The van der Waals surface area contributed by atoms with Crippen LogP contribution in [0.5, 0.6) is 0 Å². The second-order valence-electron chi connectivity index (χ2n) is 4.27. The van der Waals surface area contributed by atoms with E-state index in [1.165, 1.54) is 0 Å². The summed E-state index contributed by atoms with van der Waals surface area (Å²) < 4.78 is 27.3. The Bertz CT molecular complexity index is 459. The average molecular weight is 336 g/mol. The van der Waals surface area contributed by atoms with Crippen molar-refractivity contribution in [2.75, 3.05) is 6.61 Å². The van der Waals surface area contributed by atoms with E-state index in [0.29, 0.717) is 12.8 Å². The van der Waals surface area contributed by atoms with Crippen molar-refractivity contribution < 1.29 is 13.5 Å². The molecule has 0 aliphatic heterocycles. The second kappa shape index (κ2) is 7.23. The molecular weight excluding hydrogens is 318 g/mol. The molecule has 18 heavy (non-hydrogen) atoms. The molecule has 1 unspecified atom stereocenters. The summed E-state index contributed by atoms with van der Waals surface area (Å²) >= 11 is 3.31. The fourth-order valence-electron chi connectivity index (χ4n) is 1.60. The lowest BCUT2D eigenvalue weighted by Crippen LogP contribution is -2.33. The van der Waals surface area contributed by atoms with E-state index in [-0.39, 0.29) is 18.4 Å². The van der Waals surface area contributed by atoms with Gasteiger partial charge in [0, 0.05) is 17.1 Å². The summed E-state index contributed by atoms with van der Waals surface area (Å²) in [5.41, 5.74) is 0.750. The molecule has 0 saturated carbocycles. The molecule has 2 N–H and O–H groups in total. The van der Waals surface area contributed by atoms with Gasteiger partial charge >= 0.3 is 0 Å². The zero-order chi connectivity index (χ0) is 13.6. The molecule has 1 aromatic carbocycles. The molecule has 0 fully saturated rings. The lowest BCUT2D eigenvalue weighted by Gasteiger charge is -2.13. The van der Waals surface area contributed by atoms with Crippen LogP contribution in [0, 0.1) is 0 Å². The minimum atomic E-state index is -3.32. The van der Waals surface area contributed by atoms with Crippen LogP contribution >= 0.6 is 15.9 Å². The van der Waals surface area contributed by atoms with Gasteiger partial charge in [-0.15, -0.1) is 0 Å². The van der Waals surface area contributed by atoms with Crippen molar-refractivity contribution >= 4 is 26.0 Å². The minimum Gasteiger partial charge on any atom is -0.396 e. The van der Waals surface area contributed by atoms with Gasteiger partial charge in [-0.3, -0.25) is 0 Å². The summed E-state index contributed by atoms with van der Waals surface area (Å²) in [6.07, 6.45) is 1.23. The van der Waals surface area contributed by atoms with Crippen LogP contribution in [0.4, 0.5) is 0 Å². The van der Waals surface area contributed by atoms with Crippen LogP contribution in [-0.4, -0.2) is 26.2 Å². The van der Waals surface area contributed by atoms with Crippen LogP contribution in [0.1, 0.15) is 25.3 Å². The Morgan fingerprint density at radius 2 is 1.94 bits per heavy atom. The van der Waals surface area contributed by atoms with E-state index in [9.17, 15) is 8.42 Å². The minimum absolute atomic E-state index is 0.0241. The topological polar surface area (TPSA) is 66.4 Å². The quantitative estimate of drug-likeness (QED) is 0.801. The molecule has 1 aromatic rings. The fourth-order valence-corrected chi connectivity index (χ4v) is 3.31. The number of benzene rings is 1. The number of sulfonamides is 1. The molecule has 0 bridgehead atoms. The highest BCUT2D eigenvalue weighted by atomic mass is 79.9. The molecular formula is C12H18BrNO3S. The number of hydrogen-bond donors (Lipinski definition) is 2. The van der Waals surface area contributed by atoms with Gasteiger partial charge in [-0.25, -0.2) is 13.1 Å². The predicted octanol–water partition coefficient (Wildman–Crippen LogP) is 2.03. The van der Waals surface area contributed by atoms with E-state index in [0.717, 1.165) is 10.0 Å². The van der Waals surface area contributed by atoms with Crippen LogP contribution in [0.2, 0.25) is 0 Å².